The van der Waals surface area contributed by atoms with Crippen LogP contribution in [0.2, 0.25) is 0 Å². The Morgan fingerprint density at radius 3 is 2.53 bits per heavy atom. The van der Waals surface area contributed by atoms with Crippen LogP contribution in [0.4, 0.5) is 0 Å². The van der Waals surface area contributed by atoms with Crippen LogP contribution in [-0.2, 0) is 28.6 Å². The topological polar surface area (TPSA) is 102 Å². The van der Waals surface area contributed by atoms with E-state index in [1.165, 1.54) is 24.8 Å². The number of hydrogen-bond donors (Lipinski definition) is 1. The summed E-state index contributed by atoms with van der Waals surface area (Å²) in [5.41, 5.74) is 1.51. The van der Waals surface area contributed by atoms with Crippen molar-refractivity contribution >= 4 is 17.9 Å². The van der Waals surface area contributed by atoms with Crippen molar-refractivity contribution in [2.75, 3.05) is 6.61 Å². The average molecular weight is 529 g/mol. The van der Waals surface area contributed by atoms with E-state index in [1.807, 2.05) is 0 Å². The van der Waals surface area contributed by atoms with Gasteiger partial charge in [0.05, 0.1) is 6.10 Å². The lowest BCUT2D eigenvalue weighted by atomic mass is 9.44. The van der Waals surface area contributed by atoms with Gasteiger partial charge in [-0.1, -0.05) is 26.7 Å². The first-order chi connectivity index (χ1) is 18.2. The Morgan fingerprint density at radius 1 is 1.00 bits per heavy atom. The summed E-state index contributed by atoms with van der Waals surface area (Å²) in [7, 11) is 0. The molecule has 7 nitrogen and oxygen atoms in total. The summed E-state index contributed by atoms with van der Waals surface area (Å²) in [4.78, 5) is 35.0. The summed E-state index contributed by atoms with van der Waals surface area (Å²) in [6.45, 7) is 5.40. The van der Waals surface area contributed by atoms with E-state index >= 15 is 0 Å². The Hall–Kier alpha value is -1.89. The number of hydrogen-bond acceptors (Lipinski definition) is 6. The summed E-state index contributed by atoms with van der Waals surface area (Å²) in [6.07, 6.45) is 14.7. The molecule has 0 radical (unpaired) electrons. The monoisotopic (exact) mass is 528 g/mol. The first-order valence-corrected chi connectivity index (χ1v) is 15.1. The summed E-state index contributed by atoms with van der Waals surface area (Å²) in [6, 6.07) is 0. The number of unbranched alkanes of at least 4 members (excludes halogenated alkanes) is 3. The third-order valence-corrected chi connectivity index (χ3v) is 12.0. The number of carboxylic acid groups (broad SMARTS) is 1. The van der Waals surface area contributed by atoms with Crippen LogP contribution in [0.25, 0.3) is 0 Å². The van der Waals surface area contributed by atoms with Crippen LogP contribution >= 0.6 is 0 Å². The van der Waals surface area contributed by atoms with Crippen LogP contribution < -0.4 is 0 Å². The molecule has 0 amide bonds. The third kappa shape index (κ3) is 4.13. The summed E-state index contributed by atoms with van der Waals surface area (Å²) < 4.78 is 17.9. The molecule has 9 atom stereocenters. The van der Waals surface area contributed by atoms with Crippen LogP contribution in [0, 0.1) is 34.5 Å². The Balaban J connectivity index is 1.05. The number of esters is 2. The number of carboxylic acids is 1. The van der Waals surface area contributed by atoms with Gasteiger partial charge in [0.25, 0.3) is 0 Å². The number of fused-ring (bicyclic) bond motifs is 3. The minimum atomic E-state index is -0.754. The standard InChI is InChI=1S/C31H44O7/c1-29-13-11-21(37-27(34)8-6-4-3-5-7-26(32)33)16-20(29)9-10-23-22(29)12-14-30(2)24(17-25-31(23,30)38-25)19-15-28(35)36-18-19/h15,20-25H,3-14,16-18H2,1-2H3,(H,32,33). The van der Waals surface area contributed by atoms with Crippen molar-refractivity contribution in [3.63, 3.8) is 0 Å². The van der Waals surface area contributed by atoms with Gasteiger partial charge in [-0.05, 0) is 98.9 Å². The van der Waals surface area contributed by atoms with Gasteiger partial charge in [0.2, 0.25) is 0 Å². The fourth-order valence-electron chi connectivity index (χ4n) is 10.1. The van der Waals surface area contributed by atoms with Gasteiger partial charge in [-0.15, -0.1) is 0 Å². The number of carbonyl (C=O) groups is 3. The molecule has 4 saturated carbocycles. The predicted molar refractivity (Wildman–Crippen MR) is 139 cm³/mol. The molecule has 6 rings (SSSR count). The fraction of sp³-hybridized carbons (Fsp3) is 0.839. The van der Waals surface area contributed by atoms with Crippen LogP contribution in [0.3, 0.4) is 0 Å². The molecule has 7 heteroatoms. The fourth-order valence-corrected chi connectivity index (χ4v) is 10.1. The molecule has 5 fully saturated rings. The Morgan fingerprint density at radius 2 is 1.79 bits per heavy atom. The molecule has 38 heavy (non-hydrogen) atoms. The Labute approximate surface area is 226 Å². The van der Waals surface area contributed by atoms with Gasteiger partial charge in [0.1, 0.15) is 18.3 Å². The molecule has 210 valence electrons. The van der Waals surface area contributed by atoms with Crippen LogP contribution in [0.15, 0.2) is 11.6 Å². The van der Waals surface area contributed by atoms with E-state index in [9.17, 15) is 14.4 Å². The molecule has 0 aromatic carbocycles. The maximum atomic E-state index is 12.5. The largest absolute Gasteiger partial charge is 0.481 e. The second kappa shape index (κ2) is 9.64. The van der Waals surface area contributed by atoms with E-state index in [0.29, 0.717) is 49.2 Å². The van der Waals surface area contributed by atoms with E-state index in [2.05, 4.69) is 13.8 Å². The second-order valence-corrected chi connectivity index (χ2v) is 13.7. The molecule has 2 aliphatic heterocycles. The lowest BCUT2D eigenvalue weighted by molar-refractivity contribution is -0.165. The number of cyclic esters (lactones) is 1. The molecule has 4 aliphatic carbocycles. The highest BCUT2D eigenvalue weighted by Gasteiger charge is 2.80. The maximum Gasteiger partial charge on any atom is 0.331 e. The molecule has 0 aromatic rings. The van der Waals surface area contributed by atoms with Crippen molar-refractivity contribution in [1.82, 2.24) is 0 Å². The molecule has 1 spiro atoms. The molecule has 9 unspecified atom stereocenters. The van der Waals surface area contributed by atoms with Gasteiger partial charge >= 0.3 is 17.9 Å². The molecule has 0 aromatic heterocycles. The van der Waals surface area contributed by atoms with Crippen LogP contribution in [-0.4, -0.2) is 47.4 Å². The van der Waals surface area contributed by atoms with E-state index in [4.69, 9.17) is 19.3 Å². The molecule has 6 aliphatic rings. The Bertz CT molecular complexity index is 1020. The Kier molecular flexibility index (Phi) is 6.68. The van der Waals surface area contributed by atoms with Crippen molar-refractivity contribution in [2.45, 2.75) is 122 Å². The molecular formula is C31H44O7. The van der Waals surface area contributed by atoms with E-state index in [1.54, 1.807) is 6.08 Å². The molecule has 2 heterocycles. The molecular weight excluding hydrogens is 484 g/mol. The first kappa shape index (κ1) is 26.3. The van der Waals surface area contributed by atoms with Crippen molar-refractivity contribution in [3.05, 3.63) is 11.6 Å². The van der Waals surface area contributed by atoms with Crippen molar-refractivity contribution in [2.24, 2.45) is 34.5 Å². The van der Waals surface area contributed by atoms with Crippen LogP contribution in [0.1, 0.15) is 104 Å². The van der Waals surface area contributed by atoms with Crippen LogP contribution in [0.5, 0.6) is 0 Å². The minimum absolute atomic E-state index is 0.0313. The highest BCUT2D eigenvalue weighted by Crippen LogP contribution is 2.77. The summed E-state index contributed by atoms with van der Waals surface area (Å²) in [5.74, 6) is 1.18. The maximum absolute atomic E-state index is 12.5. The predicted octanol–water partition coefficient (Wildman–Crippen LogP) is 5.60. The smallest absolute Gasteiger partial charge is 0.331 e. The lowest BCUT2D eigenvalue weighted by Gasteiger charge is -2.61. The van der Waals surface area contributed by atoms with Gasteiger partial charge in [-0.25, -0.2) is 4.79 Å². The number of ether oxygens (including phenoxy) is 3. The quantitative estimate of drug-likeness (QED) is 0.236. The minimum Gasteiger partial charge on any atom is -0.481 e. The van der Waals surface area contributed by atoms with E-state index in [0.717, 1.165) is 51.4 Å². The lowest BCUT2D eigenvalue weighted by Crippen LogP contribution is -2.58. The number of carbonyl (C=O) groups excluding carboxylic acids is 2. The van der Waals surface area contributed by atoms with Gasteiger partial charge in [0, 0.05) is 24.3 Å². The number of epoxide rings is 1. The van der Waals surface area contributed by atoms with Crippen molar-refractivity contribution in [3.8, 4) is 0 Å². The van der Waals surface area contributed by atoms with Crippen molar-refractivity contribution in [1.29, 1.82) is 0 Å². The summed E-state index contributed by atoms with van der Waals surface area (Å²) >= 11 is 0. The van der Waals surface area contributed by atoms with Gasteiger partial charge in [0.15, 0.2) is 0 Å². The highest BCUT2D eigenvalue weighted by atomic mass is 16.6. The zero-order chi connectivity index (χ0) is 26.7. The zero-order valence-corrected chi connectivity index (χ0v) is 23.0. The normalized spacial score (nSPS) is 44.7. The highest BCUT2D eigenvalue weighted by molar-refractivity contribution is 5.85. The number of aliphatic carboxylic acids is 1. The summed E-state index contributed by atoms with van der Waals surface area (Å²) in [5, 5.41) is 8.73. The SMILES string of the molecule is CC12CCC(OC(=O)CCCCCCC(=O)O)CC1CCC1C2CCC2(C)C(C3=CC(=O)OC3)CC3OC312. The second-order valence-electron chi connectivity index (χ2n) is 13.7. The average Bonchev–Trinajstić information content (AvgIpc) is 3.33. The van der Waals surface area contributed by atoms with Gasteiger partial charge < -0.3 is 19.3 Å². The van der Waals surface area contributed by atoms with Gasteiger partial charge in [-0.2, -0.15) is 0 Å². The van der Waals surface area contributed by atoms with Crippen molar-refractivity contribution < 1.29 is 33.7 Å². The third-order valence-electron chi connectivity index (χ3n) is 12.0. The van der Waals surface area contributed by atoms with E-state index in [-0.39, 0.29) is 40.9 Å². The zero-order valence-electron chi connectivity index (χ0n) is 23.0. The van der Waals surface area contributed by atoms with Gasteiger partial charge in [-0.3, -0.25) is 9.59 Å². The van der Waals surface area contributed by atoms with E-state index < -0.39 is 5.97 Å². The molecule has 0 bridgehead atoms. The number of rotatable bonds is 9. The molecule has 1 N–H and O–H groups in total. The molecule has 1 saturated heterocycles. The first-order valence-electron chi connectivity index (χ1n) is 15.1.